The van der Waals surface area contributed by atoms with Gasteiger partial charge in [-0.2, -0.15) is 5.26 Å². The highest BCUT2D eigenvalue weighted by atomic mass is 79.9. The number of benzene rings is 2. The molecule has 3 rings (SSSR count). The first-order chi connectivity index (χ1) is 12.2. The highest BCUT2D eigenvalue weighted by molar-refractivity contribution is 9.10. The van der Waals surface area contributed by atoms with Crippen LogP contribution in [0.3, 0.4) is 0 Å². The fourth-order valence-electron chi connectivity index (χ4n) is 2.62. The maximum Gasteiger partial charge on any atom is 0.205 e. The molecule has 0 bridgehead atoms. The molecular formula is C18H15BrN4OS. The van der Waals surface area contributed by atoms with E-state index in [1.165, 1.54) is 11.8 Å². The molecule has 0 saturated carbocycles. The number of rotatable bonds is 6. The topological polar surface area (TPSA) is 71.6 Å². The molecule has 0 amide bonds. The zero-order chi connectivity index (χ0) is 17.8. The molecule has 0 fully saturated rings. The summed E-state index contributed by atoms with van der Waals surface area (Å²) >= 11 is 4.81. The fourth-order valence-corrected chi connectivity index (χ4v) is 4.02. The minimum absolute atomic E-state index is 0.197. The van der Waals surface area contributed by atoms with E-state index >= 15 is 0 Å². The van der Waals surface area contributed by atoms with Gasteiger partial charge < -0.3 is 0 Å². The van der Waals surface area contributed by atoms with E-state index in [1.807, 2.05) is 41.8 Å². The summed E-state index contributed by atoms with van der Waals surface area (Å²) < 4.78 is 2.43. The Labute approximate surface area is 158 Å². The number of nitrogens with zero attached hydrogens (tertiary/aromatic N) is 4. The van der Waals surface area contributed by atoms with Gasteiger partial charge in [-0.05, 0) is 34.5 Å². The summed E-state index contributed by atoms with van der Waals surface area (Å²) in [7, 11) is 0. The van der Waals surface area contributed by atoms with Crippen LogP contribution >= 0.6 is 27.7 Å². The van der Waals surface area contributed by atoms with Gasteiger partial charge in [0.05, 0.1) is 23.1 Å². The lowest BCUT2D eigenvalue weighted by Crippen LogP contribution is -2.04. The normalized spacial score (nSPS) is 10.8. The van der Waals surface area contributed by atoms with Crippen molar-refractivity contribution in [3.05, 3.63) is 46.7 Å². The maximum atomic E-state index is 11.8. The van der Waals surface area contributed by atoms with Crippen molar-refractivity contribution in [1.82, 2.24) is 14.8 Å². The molecule has 0 atom stereocenters. The maximum absolute atomic E-state index is 11.8. The Balaban J connectivity index is 2.06. The zero-order valence-electron chi connectivity index (χ0n) is 13.6. The molecule has 1 aromatic heterocycles. The summed E-state index contributed by atoms with van der Waals surface area (Å²) in [5, 5.41) is 20.1. The Bertz CT molecular complexity index is 977. The van der Waals surface area contributed by atoms with Crippen molar-refractivity contribution in [2.45, 2.75) is 24.9 Å². The predicted molar refractivity (Wildman–Crippen MR) is 102 cm³/mol. The number of fused-ring (bicyclic) bond motifs is 1. The fraction of sp³-hybridized carbons (Fsp3) is 0.222. The van der Waals surface area contributed by atoms with Gasteiger partial charge >= 0.3 is 0 Å². The number of hydrogen-bond donors (Lipinski definition) is 0. The minimum atomic E-state index is 0.197. The van der Waals surface area contributed by atoms with E-state index in [1.54, 1.807) is 6.07 Å². The van der Waals surface area contributed by atoms with E-state index in [0.717, 1.165) is 22.9 Å². The molecule has 0 aliphatic rings. The quantitative estimate of drug-likeness (QED) is 0.554. The summed E-state index contributed by atoms with van der Waals surface area (Å²) in [6, 6.07) is 13.6. The summed E-state index contributed by atoms with van der Waals surface area (Å²) in [6.45, 7) is 1.99. The van der Waals surface area contributed by atoms with Gasteiger partial charge in [0.2, 0.25) is 4.73 Å². The average molecular weight is 415 g/mol. The number of thioether (sulfide) groups is 1. The largest absolute Gasteiger partial charge is 0.299 e. The summed E-state index contributed by atoms with van der Waals surface area (Å²) in [6.07, 6.45) is 1.41. The summed E-state index contributed by atoms with van der Waals surface area (Å²) in [5.74, 6) is 0.565. The van der Waals surface area contributed by atoms with Crippen LogP contribution in [-0.4, -0.2) is 26.3 Å². The first-order valence-electron chi connectivity index (χ1n) is 7.83. The molecule has 0 saturated heterocycles. The second kappa shape index (κ2) is 7.81. The highest BCUT2D eigenvalue weighted by Gasteiger charge is 2.17. The molecule has 2 aromatic carbocycles. The van der Waals surface area contributed by atoms with Crippen molar-refractivity contribution in [3.8, 4) is 11.8 Å². The SMILES string of the molecule is CCCC(=O)CSc1nnc(Br)n1-c1ccc(C#N)c2ccccc12. The second-order valence-electron chi connectivity index (χ2n) is 5.45. The van der Waals surface area contributed by atoms with Crippen LogP contribution in [0, 0.1) is 11.3 Å². The van der Waals surface area contributed by atoms with Crippen LogP contribution in [-0.2, 0) is 4.79 Å². The summed E-state index contributed by atoms with van der Waals surface area (Å²) in [5.41, 5.74) is 1.49. The molecule has 0 N–H and O–H groups in total. The van der Waals surface area contributed by atoms with Gasteiger partial charge in [-0.3, -0.25) is 9.36 Å². The molecule has 0 unspecified atom stereocenters. The van der Waals surface area contributed by atoms with Crippen molar-refractivity contribution < 1.29 is 4.79 Å². The average Bonchev–Trinajstić information content (AvgIpc) is 2.99. The highest BCUT2D eigenvalue weighted by Crippen LogP contribution is 2.31. The van der Waals surface area contributed by atoms with Gasteiger partial charge in [0, 0.05) is 17.2 Å². The van der Waals surface area contributed by atoms with Crippen molar-refractivity contribution in [1.29, 1.82) is 5.26 Å². The van der Waals surface area contributed by atoms with Gasteiger partial charge in [-0.25, -0.2) is 0 Å². The number of carbonyl (C=O) groups is 1. The number of carbonyl (C=O) groups excluding carboxylic acids is 1. The Morgan fingerprint density at radius 3 is 2.72 bits per heavy atom. The molecule has 5 nitrogen and oxygen atoms in total. The number of nitriles is 1. The van der Waals surface area contributed by atoms with E-state index in [9.17, 15) is 10.1 Å². The third-order valence-corrected chi connectivity index (χ3v) is 5.25. The van der Waals surface area contributed by atoms with Crippen LogP contribution in [0.5, 0.6) is 0 Å². The lowest BCUT2D eigenvalue weighted by Gasteiger charge is -2.11. The van der Waals surface area contributed by atoms with Crippen LogP contribution in [0.4, 0.5) is 0 Å². The molecule has 0 aliphatic carbocycles. The van der Waals surface area contributed by atoms with Gasteiger partial charge in [-0.1, -0.05) is 43.0 Å². The number of ketones is 1. The predicted octanol–water partition coefficient (Wildman–Crippen LogP) is 4.52. The zero-order valence-corrected chi connectivity index (χ0v) is 16.0. The number of aromatic nitrogens is 3. The molecule has 0 radical (unpaired) electrons. The third kappa shape index (κ3) is 3.60. The molecule has 3 aromatic rings. The monoisotopic (exact) mass is 414 g/mol. The summed E-state index contributed by atoms with van der Waals surface area (Å²) in [4.78, 5) is 11.8. The van der Waals surface area contributed by atoms with Gasteiger partial charge in [0.15, 0.2) is 5.16 Å². The lowest BCUT2D eigenvalue weighted by molar-refractivity contribution is -0.116. The van der Waals surface area contributed by atoms with E-state index < -0.39 is 0 Å². The Morgan fingerprint density at radius 2 is 2.00 bits per heavy atom. The van der Waals surface area contributed by atoms with Crippen LogP contribution in [0.25, 0.3) is 16.5 Å². The van der Waals surface area contributed by atoms with Gasteiger partial charge in [0.1, 0.15) is 5.78 Å². The molecule has 0 aliphatic heterocycles. The van der Waals surface area contributed by atoms with Crippen molar-refractivity contribution in [2.24, 2.45) is 0 Å². The van der Waals surface area contributed by atoms with Crippen molar-refractivity contribution >= 4 is 44.2 Å². The Hall–Kier alpha value is -2.17. The number of halogens is 1. The van der Waals surface area contributed by atoms with E-state index in [-0.39, 0.29) is 5.78 Å². The van der Waals surface area contributed by atoms with Gasteiger partial charge in [-0.15, -0.1) is 10.2 Å². The molecule has 25 heavy (non-hydrogen) atoms. The third-order valence-electron chi connectivity index (χ3n) is 3.75. The van der Waals surface area contributed by atoms with Crippen molar-refractivity contribution in [2.75, 3.05) is 5.75 Å². The molecule has 126 valence electrons. The van der Waals surface area contributed by atoms with Gasteiger partial charge in [0.25, 0.3) is 0 Å². The number of hydrogen-bond acceptors (Lipinski definition) is 5. The van der Waals surface area contributed by atoms with Crippen molar-refractivity contribution in [3.63, 3.8) is 0 Å². The van der Waals surface area contributed by atoms with Crippen LogP contribution in [0.2, 0.25) is 0 Å². The first kappa shape index (κ1) is 17.6. The molecule has 7 heteroatoms. The first-order valence-corrected chi connectivity index (χ1v) is 9.61. The van der Waals surface area contributed by atoms with Crippen LogP contribution < -0.4 is 0 Å². The molecule has 0 spiro atoms. The van der Waals surface area contributed by atoms with Crippen LogP contribution in [0.15, 0.2) is 46.3 Å². The van der Waals surface area contributed by atoms with E-state index in [2.05, 4.69) is 32.2 Å². The van der Waals surface area contributed by atoms with E-state index in [0.29, 0.717) is 27.6 Å². The smallest absolute Gasteiger partial charge is 0.205 e. The Kier molecular flexibility index (Phi) is 5.51. The minimum Gasteiger partial charge on any atom is -0.299 e. The molecule has 1 heterocycles. The second-order valence-corrected chi connectivity index (χ2v) is 7.11. The number of Topliss-reactive ketones (excluding diaryl/α,β-unsaturated/α-hetero) is 1. The lowest BCUT2D eigenvalue weighted by atomic mass is 10.0. The standard InChI is InChI=1S/C18H15BrN4OS/c1-2-5-13(24)11-25-18-22-21-17(19)23(18)16-9-8-12(10-20)14-6-3-4-7-15(14)16/h3-4,6-9H,2,5,11H2,1H3. The van der Waals surface area contributed by atoms with Crippen LogP contribution in [0.1, 0.15) is 25.3 Å². The van der Waals surface area contributed by atoms with E-state index in [4.69, 9.17) is 0 Å². The molecular weight excluding hydrogens is 400 g/mol. The Morgan fingerprint density at radius 1 is 1.24 bits per heavy atom.